The van der Waals surface area contributed by atoms with Crippen molar-refractivity contribution < 1.29 is 24.2 Å². The van der Waals surface area contributed by atoms with Gasteiger partial charge in [-0.3, -0.25) is 4.79 Å². The predicted octanol–water partition coefficient (Wildman–Crippen LogP) is 4.31. The van der Waals surface area contributed by atoms with E-state index in [2.05, 4.69) is 22.8 Å². The third-order valence-electron chi connectivity index (χ3n) is 6.60. The summed E-state index contributed by atoms with van der Waals surface area (Å²) in [5.41, 5.74) is 2.20. The number of alkyl carbamates (subject to hydrolysis) is 1. The number of nitrogens with one attached hydrogen (secondary N) is 2. The number of hydrogen-bond acceptors (Lipinski definition) is 4. The van der Waals surface area contributed by atoms with Gasteiger partial charge < -0.3 is 20.5 Å². The Morgan fingerprint density at radius 1 is 0.939 bits per heavy atom. The Hall–Kier alpha value is -3.35. The lowest BCUT2D eigenvalue weighted by molar-refractivity contribution is -0.149. The first-order chi connectivity index (χ1) is 15.6. The average Bonchev–Trinajstić information content (AvgIpc) is 3.13. The minimum atomic E-state index is -1.32. The monoisotopic (exact) mass is 452 g/mol. The van der Waals surface area contributed by atoms with Crippen molar-refractivity contribution in [2.45, 2.75) is 52.0 Å². The van der Waals surface area contributed by atoms with Crippen LogP contribution in [0, 0.1) is 5.41 Å². The molecule has 3 rings (SSSR count). The molecule has 0 saturated heterocycles. The molecule has 0 aromatic heterocycles. The van der Waals surface area contributed by atoms with Crippen molar-refractivity contribution in [3.05, 3.63) is 59.7 Å². The zero-order chi connectivity index (χ0) is 24.2. The molecular formula is C26H32N2O5. The quantitative estimate of drug-likeness (QED) is 0.526. The Kier molecular flexibility index (Phi) is 7.10. The van der Waals surface area contributed by atoms with E-state index in [4.69, 9.17) is 4.74 Å². The van der Waals surface area contributed by atoms with Crippen LogP contribution in [0.15, 0.2) is 48.5 Å². The summed E-state index contributed by atoms with van der Waals surface area (Å²) in [6.45, 7) is 6.95. The van der Waals surface area contributed by atoms with E-state index in [0.717, 1.165) is 22.3 Å². The molecule has 0 heterocycles. The maximum Gasteiger partial charge on any atom is 0.407 e. The summed E-state index contributed by atoms with van der Waals surface area (Å²) in [6.07, 6.45) is -0.0887. The van der Waals surface area contributed by atoms with E-state index in [-0.39, 0.29) is 31.9 Å². The Morgan fingerprint density at radius 2 is 1.45 bits per heavy atom. The van der Waals surface area contributed by atoms with E-state index < -0.39 is 28.9 Å². The van der Waals surface area contributed by atoms with Crippen LogP contribution in [0.25, 0.3) is 11.1 Å². The number of carbonyl (C=O) groups is 3. The summed E-state index contributed by atoms with van der Waals surface area (Å²) in [7, 11) is 0. The first-order valence-electron chi connectivity index (χ1n) is 11.3. The number of benzene rings is 2. The lowest BCUT2D eigenvalue weighted by Crippen LogP contribution is -2.58. The summed E-state index contributed by atoms with van der Waals surface area (Å²) >= 11 is 0. The summed E-state index contributed by atoms with van der Waals surface area (Å²) < 4.78 is 5.52. The third kappa shape index (κ3) is 4.87. The molecule has 176 valence electrons. The van der Waals surface area contributed by atoms with Gasteiger partial charge in [0.1, 0.15) is 12.1 Å². The molecule has 0 spiro atoms. The average molecular weight is 453 g/mol. The van der Waals surface area contributed by atoms with Crippen LogP contribution in [-0.4, -0.2) is 41.8 Å². The van der Waals surface area contributed by atoms with Gasteiger partial charge in [-0.05, 0) is 48.9 Å². The number of carboxylic acid groups (broad SMARTS) is 1. The number of fused-ring (bicyclic) bond motifs is 3. The highest BCUT2D eigenvalue weighted by Gasteiger charge is 2.40. The normalized spacial score (nSPS) is 13.1. The van der Waals surface area contributed by atoms with Gasteiger partial charge >= 0.3 is 12.1 Å². The second kappa shape index (κ2) is 9.65. The number of ether oxygens (including phenoxy) is 1. The second-order valence-corrected chi connectivity index (χ2v) is 9.11. The minimum absolute atomic E-state index is 0.0125. The fourth-order valence-electron chi connectivity index (χ4n) is 4.19. The van der Waals surface area contributed by atoms with E-state index in [1.54, 1.807) is 27.7 Å². The molecule has 7 heteroatoms. The summed E-state index contributed by atoms with van der Waals surface area (Å²) in [4.78, 5) is 36.9. The predicted molar refractivity (Wildman–Crippen MR) is 126 cm³/mol. The van der Waals surface area contributed by atoms with Gasteiger partial charge in [0.15, 0.2) is 0 Å². The van der Waals surface area contributed by atoms with E-state index in [1.807, 2.05) is 36.4 Å². The fourth-order valence-corrected chi connectivity index (χ4v) is 4.19. The number of rotatable bonds is 9. The lowest BCUT2D eigenvalue weighted by atomic mass is 9.87. The van der Waals surface area contributed by atoms with Crippen LogP contribution < -0.4 is 10.6 Å². The topological polar surface area (TPSA) is 105 Å². The van der Waals surface area contributed by atoms with Crippen LogP contribution >= 0.6 is 0 Å². The van der Waals surface area contributed by atoms with Gasteiger partial charge in [0.2, 0.25) is 5.91 Å². The van der Waals surface area contributed by atoms with E-state index in [1.165, 1.54) is 0 Å². The molecule has 0 aliphatic heterocycles. The molecule has 0 saturated carbocycles. The Morgan fingerprint density at radius 3 is 1.94 bits per heavy atom. The minimum Gasteiger partial charge on any atom is -0.480 e. The zero-order valence-corrected chi connectivity index (χ0v) is 19.6. The SMILES string of the molecule is CCC(CC)(NC(=O)C(C)(C)CNC(=O)OCC1c2ccccc2-c2ccccc21)C(=O)O. The Labute approximate surface area is 194 Å². The van der Waals surface area contributed by atoms with Gasteiger partial charge in [-0.25, -0.2) is 9.59 Å². The van der Waals surface area contributed by atoms with E-state index >= 15 is 0 Å². The van der Waals surface area contributed by atoms with Crippen molar-refractivity contribution in [3.8, 4) is 11.1 Å². The van der Waals surface area contributed by atoms with Crippen molar-refractivity contribution in [1.29, 1.82) is 0 Å². The van der Waals surface area contributed by atoms with Crippen molar-refractivity contribution >= 4 is 18.0 Å². The van der Waals surface area contributed by atoms with Gasteiger partial charge in [-0.15, -0.1) is 0 Å². The highest BCUT2D eigenvalue weighted by molar-refractivity contribution is 5.90. The van der Waals surface area contributed by atoms with Crippen molar-refractivity contribution in [3.63, 3.8) is 0 Å². The first-order valence-corrected chi connectivity index (χ1v) is 11.3. The van der Waals surface area contributed by atoms with Crippen LogP contribution in [0.5, 0.6) is 0 Å². The highest BCUT2D eigenvalue weighted by Crippen LogP contribution is 2.44. The van der Waals surface area contributed by atoms with Crippen LogP contribution in [0.2, 0.25) is 0 Å². The van der Waals surface area contributed by atoms with Crippen LogP contribution in [0.4, 0.5) is 4.79 Å². The summed E-state index contributed by atoms with van der Waals surface area (Å²) in [5.74, 6) is -1.56. The Bertz CT molecular complexity index is 997. The van der Waals surface area contributed by atoms with E-state index in [0.29, 0.717) is 0 Å². The molecule has 0 atom stereocenters. The molecule has 1 aliphatic rings. The summed E-state index contributed by atoms with van der Waals surface area (Å²) in [5, 5.41) is 14.9. The molecule has 2 aromatic carbocycles. The molecular weight excluding hydrogens is 420 g/mol. The number of aliphatic carboxylic acids is 1. The number of carbonyl (C=O) groups excluding carboxylic acids is 2. The van der Waals surface area contributed by atoms with Crippen LogP contribution in [-0.2, 0) is 14.3 Å². The molecule has 0 bridgehead atoms. The second-order valence-electron chi connectivity index (χ2n) is 9.11. The smallest absolute Gasteiger partial charge is 0.407 e. The third-order valence-corrected chi connectivity index (χ3v) is 6.60. The van der Waals surface area contributed by atoms with Crippen molar-refractivity contribution in [2.24, 2.45) is 5.41 Å². The van der Waals surface area contributed by atoms with Crippen molar-refractivity contribution in [1.82, 2.24) is 10.6 Å². The van der Waals surface area contributed by atoms with Crippen molar-refractivity contribution in [2.75, 3.05) is 13.2 Å². The molecule has 7 nitrogen and oxygen atoms in total. The fraction of sp³-hybridized carbons (Fsp3) is 0.423. The molecule has 0 fully saturated rings. The largest absolute Gasteiger partial charge is 0.480 e. The molecule has 0 unspecified atom stereocenters. The molecule has 1 aliphatic carbocycles. The highest BCUT2D eigenvalue weighted by atomic mass is 16.5. The molecule has 3 N–H and O–H groups in total. The maximum atomic E-state index is 12.8. The van der Waals surface area contributed by atoms with Crippen LogP contribution in [0.1, 0.15) is 57.6 Å². The number of amides is 2. The maximum absolute atomic E-state index is 12.8. The molecule has 2 amide bonds. The lowest BCUT2D eigenvalue weighted by Gasteiger charge is -2.33. The summed E-state index contributed by atoms with van der Waals surface area (Å²) in [6, 6.07) is 16.2. The number of hydrogen-bond donors (Lipinski definition) is 3. The zero-order valence-electron chi connectivity index (χ0n) is 19.6. The van der Waals surface area contributed by atoms with Gasteiger partial charge in [0, 0.05) is 12.5 Å². The van der Waals surface area contributed by atoms with E-state index in [9.17, 15) is 19.5 Å². The standard InChI is InChI=1S/C26H32N2O5/c1-5-26(6-2,23(30)31)28-22(29)25(3,4)16-27-24(32)33-15-21-19-13-9-7-11-17(19)18-12-8-10-14-20(18)21/h7-14,21H,5-6,15-16H2,1-4H3,(H,27,32)(H,28,29)(H,30,31). The van der Waals surface area contributed by atoms with Crippen LogP contribution in [0.3, 0.4) is 0 Å². The van der Waals surface area contributed by atoms with Gasteiger partial charge in [0.05, 0.1) is 5.41 Å². The Balaban J connectivity index is 1.59. The number of carboxylic acids is 1. The first kappa shape index (κ1) is 24.3. The van der Waals surface area contributed by atoms with Gasteiger partial charge in [0.25, 0.3) is 0 Å². The van der Waals surface area contributed by atoms with Gasteiger partial charge in [-0.1, -0.05) is 62.4 Å². The molecule has 2 aromatic rings. The van der Waals surface area contributed by atoms with Gasteiger partial charge in [-0.2, -0.15) is 0 Å². The molecule has 0 radical (unpaired) electrons. The molecule has 33 heavy (non-hydrogen) atoms.